The van der Waals surface area contributed by atoms with Gasteiger partial charge < -0.3 is 19.5 Å². The standard InChI is InChI=1S/C25H32N2O5/c1-17-5-7-19(8-6-17)24(29)20-9-11-27(12-10-20)16-23(28)26-15-18-13-21(30-2)25(32-4)22(14-18)31-3/h5-8,13-14,20H,9-12,15-16H2,1-4H3,(H,26,28). The molecule has 7 heteroatoms. The number of hydrogen-bond donors (Lipinski definition) is 1. The van der Waals surface area contributed by atoms with Gasteiger partial charge in [-0.1, -0.05) is 29.8 Å². The lowest BCUT2D eigenvalue weighted by atomic mass is 9.88. The van der Waals surface area contributed by atoms with E-state index in [2.05, 4.69) is 10.2 Å². The molecule has 2 aromatic rings. The largest absolute Gasteiger partial charge is 0.493 e. The summed E-state index contributed by atoms with van der Waals surface area (Å²) in [6.07, 6.45) is 1.54. The van der Waals surface area contributed by atoms with Gasteiger partial charge in [0.05, 0.1) is 27.9 Å². The first-order chi connectivity index (χ1) is 15.4. The van der Waals surface area contributed by atoms with Crippen molar-refractivity contribution >= 4 is 11.7 Å². The second kappa shape index (κ2) is 11.0. The molecule has 1 saturated heterocycles. The minimum absolute atomic E-state index is 0.0243. The molecule has 1 fully saturated rings. The predicted molar refractivity (Wildman–Crippen MR) is 123 cm³/mol. The number of ketones is 1. The van der Waals surface area contributed by atoms with Crippen molar-refractivity contribution in [3.63, 3.8) is 0 Å². The second-order valence-corrected chi connectivity index (χ2v) is 8.09. The van der Waals surface area contributed by atoms with E-state index >= 15 is 0 Å². The summed E-state index contributed by atoms with van der Waals surface area (Å²) < 4.78 is 16.1. The summed E-state index contributed by atoms with van der Waals surface area (Å²) in [4.78, 5) is 27.3. The smallest absolute Gasteiger partial charge is 0.234 e. The fraction of sp³-hybridized carbons (Fsp3) is 0.440. The number of methoxy groups -OCH3 is 3. The Bertz CT molecular complexity index is 909. The van der Waals surface area contributed by atoms with E-state index in [1.165, 1.54) is 0 Å². The Morgan fingerprint density at radius 3 is 2.09 bits per heavy atom. The quantitative estimate of drug-likeness (QED) is 0.604. The van der Waals surface area contributed by atoms with Gasteiger partial charge in [-0.05, 0) is 50.6 Å². The van der Waals surface area contributed by atoms with Gasteiger partial charge in [0.25, 0.3) is 0 Å². The number of Topliss-reactive ketones (excluding diaryl/α,β-unsaturated/α-hetero) is 1. The van der Waals surface area contributed by atoms with E-state index in [0.29, 0.717) is 30.3 Å². The molecule has 0 aliphatic carbocycles. The number of benzene rings is 2. The molecule has 1 aliphatic rings. The van der Waals surface area contributed by atoms with Crippen molar-refractivity contribution in [3.05, 3.63) is 53.1 Å². The van der Waals surface area contributed by atoms with Gasteiger partial charge >= 0.3 is 0 Å². The van der Waals surface area contributed by atoms with Crippen LogP contribution in [0.25, 0.3) is 0 Å². The molecule has 32 heavy (non-hydrogen) atoms. The van der Waals surface area contributed by atoms with E-state index in [9.17, 15) is 9.59 Å². The summed E-state index contributed by atoms with van der Waals surface area (Å²) in [5.41, 5.74) is 2.78. The van der Waals surface area contributed by atoms with E-state index in [0.717, 1.165) is 42.6 Å². The van der Waals surface area contributed by atoms with E-state index in [1.54, 1.807) is 21.3 Å². The molecule has 1 N–H and O–H groups in total. The molecular formula is C25H32N2O5. The number of nitrogens with zero attached hydrogens (tertiary/aromatic N) is 1. The lowest BCUT2D eigenvalue weighted by molar-refractivity contribution is -0.122. The summed E-state index contributed by atoms with van der Waals surface area (Å²) >= 11 is 0. The van der Waals surface area contributed by atoms with Crippen LogP contribution in [0.3, 0.4) is 0 Å². The minimum Gasteiger partial charge on any atom is -0.493 e. The predicted octanol–water partition coefficient (Wildman–Crippen LogP) is 3.23. The molecular weight excluding hydrogens is 408 g/mol. The first-order valence-electron chi connectivity index (χ1n) is 10.8. The van der Waals surface area contributed by atoms with E-state index in [1.807, 2.05) is 43.3 Å². The van der Waals surface area contributed by atoms with Gasteiger partial charge in [-0.3, -0.25) is 14.5 Å². The van der Waals surface area contributed by atoms with Crippen LogP contribution in [0.5, 0.6) is 17.2 Å². The maximum atomic E-state index is 12.7. The Kier molecular flexibility index (Phi) is 8.11. The highest BCUT2D eigenvalue weighted by atomic mass is 16.5. The summed E-state index contributed by atoms with van der Waals surface area (Å²) in [6, 6.07) is 11.4. The Labute approximate surface area is 189 Å². The first kappa shape index (κ1) is 23.6. The van der Waals surface area contributed by atoms with Gasteiger partial charge in [0, 0.05) is 18.0 Å². The normalized spacial score (nSPS) is 14.6. The molecule has 0 spiro atoms. The molecule has 1 amide bonds. The second-order valence-electron chi connectivity index (χ2n) is 8.09. The first-order valence-corrected chi connectivity index (χ1v) is 10.8. The van der Waals surface area contributed by atoms with Gasteiger partial charge in [0.1, 0.15) is 0 Å². The summed E-state index contributed by atoms with van der Waals surface area (Å²) in [5, 5.41) is 2.95. The van der Waals surface area contributed by atoms with Crippen molar-refractivity contribution in [3.8, 4) is 17.2 Å². The fourth-order valence-electron chi connectivity index (χ4n) is 4.00. The number of nitrogens with one attached hydrogen (secondary N) is 1. The molecule has 0 radical (unpaired) electrons. The monoisotopic (exact) mass is 440 g/mol. The van der Waals surface area contributed by atoms with Crippen molar-refractivity contribution in [2.75, 3.05) is 41.0 Å². The van der Waals surface area contributed by atoms with E-state index in [-0.39, 0.29) is 17.6 Å². The van der Waals surface area contributed by atoms with Crippen LogP contribution in [0.1, 0.15) is 34.3 Å². The SMILES string of the molecule is COc1cc(CNC(=O)CN2CCC(C(=O)c3ccc(C)cc3)CC2)cc(OC)c1OC. The van der Waals surface area contributed by atoms with Crippen molar-refractivity contribution in [2.24, 2.45) is 5.92 Å². The topological polar surface area (TPSA) is 77.1 Å². The number of rotatable bonds is 9. The van der Waals surface area contributed by atoms with Gasteiger partial charge in [-0.2, -0.15) is 0 Å². The number of ether oxygens (including phenoxy) is 3. The lowest BCUT2D eigenvalue weighted by Crippen LogP contribution is -2.42. The number of amides is 1. The third-order valence-corrected chi connectivity index (χ3v) is 5.88. The average Bonchev–Trinajstić information content (AvgIpc) is 2.82. The molecule has 172 valence electrons. The van der Waals surface area contributed by atoms with E-state index in [4.69, 9.17) is 14.2 Å². The van der Waals surface area contributed by atoms with Crippen LogP contribution >= 0.6 is 0 Å². The zero-order chi connectivity index (χ0) is 23.1. The van der Waals surface area contributed by atoms with Crippen LogP contribution in [0.15, 0.2) is 36.4 Å². The lowest BCUT2D eigenvalue weighted by Gasteiger charge is -2.30. The van der Waals surface area contributed by atoms with Gasteiger partial charge in [-0.25, -0.2) is 0 Å². The number of carbonyl (C=O) groups excluding carboxylic acids is 2. The maximum Gasteiger partial charge on any atom is 0.234 e. The molecule has 0 atom stereocenters. The molecule has 2 aromatic carbocycles. The Balaban J connectivity index is 1.48. The van der Waals surface area contributed by atoms with Crippen LogP contribution < -0.4 is 19.5 Å². The van der Waals surface area contributed by atoms with Gasteiger partial charge in [0.2, 0.25) is 11.7 Å². The number of hydrogen-bond acceptors (Lipinski definition) is 6. The van der Waals surface area contributed by atoms with Crippen molar-refractivity contribution in [1.82, 2.24) is 10.2 Å². The Hall–Kier alpha value is -3.06. The molecule has 0 aromatic heterocycles. The van der Waals surface area contributed by atoms with Crippen molar-refractivity contribution in [2.45, 2.75) is 26.3 Å². The maximum absolute atomic E-state index is 12.7. The highest BCUT2D eigenvalue weighted by Gasteiger charge is 2.26. The molecule has 0 unspecified atom stereocenters. The molecule has 7 nitrogen and oxygen atoms in total. The zero-order valence-corrected chi connectivity index (χ0v) is 19.3. The molecule has 0 bridgehead atoms. The highest BCUT2D eigenvalue weighted by molar-refractivity contribution is 5.98. The minimum atomic E-state index is -0.0536. The van der Waals surface area contributed by atoms with Crippen LogP contribution in [0, 0.1) is 12.8 Å². The summed E-state index contributed by atoms with van der Waals surface area (Å²) in [7, 11) is 4.68. The van der Waals surface area contributed by atoms with Crippen LogP contribution in [-0.4, -0.2) is 57.6 Å². The van der Waals surface area contributed by atoms with Gasteiger partial charge in [-0.15, -0.1) is 0 Å². The highest BCUT2D eigenvalue weighted by Crippen LogP contribution is 2.38. The Morgan fingerprint density at radius 2 is 1.56 bits per heavy atom. The molecule has 1 aliphatic heterocycles. The third kappa shape index (κ3) is 5.79. The average molecular weight is 441 g/mol. The summed E-state index contributed by atoms with van der Waals surface area (Å²) in [6.45, 7) is 4.16. The number of carbonyl (C=O) groups is 2. The summed E-state index contributed by atoms with van der Waals surface area (Å²) in [5.74, 6) is 1.80. The third-order valence-electron chi connectivity index (χ3n) is 5.88. The molecule has 0 saturated carbocycles. The van der Waals surface area contributed by atoms with Crippen LogP contribution in [0.4, 0.5) is 0 Å². The fourth-order valence-corrected chi connectivity index (χ4v) is 4.00. The molecule has 3 rings (SSSR count). The zero-order valence-electron chi connectivity index (χ0n) is 19.3. The van der Waals surface area contributed by atoms with E-state index < -0.39 is 0 Å². The van der Waals surface area contributed by atoms with Crippen molar-refractivity contribution in [1.29, 1.82) is 0 Å². The van der Waals surface area contributed by atoms with Crippen LogP contribution in [-0.2, 0) is 11.3 Å². The number of piperidine rings is 1. The Morgan fingerprint density at radius 1 is 0.969 bits per heavy atom. The van der Waals surface area contributed by atoms with Crippen molar-refractivity contribution < 1.29 is 23.8 Å². The number of aryl methyl sites for hydroxylation is 1. The van der Waals surface area contributed by atoms with Gasteiger partial charge in [0.15, 0.2) is 17.3 Å². The number of likely N-dealkylation sites (tertiary alicyclic amines) is 1. The van der Waals surface area contributed by atoms with Crippen LogP contribution in [0.2, 0.25) is 0 Å². The molecule has 1 heterocycles.